The van der Waals surface area contributed by atoms with Crippen LogP contribution in [0.2, 0.25) is 0 Å². The van der Waals surface area contributed by atoms with E-state index in [1.165, 1.54) is 11.1 Å². The van der Waals surface area contributed by atoms with E-state index in [4.69, 9.17) is 4.74 Å². The number of likely N-dealkylation sites (N-methyl/N-ethyl adjacent to an activating group) is 1. The van der Waals surface area contributed by atoms with E-state index in [1.54, 1.807) is 7.11 Å². The number of hydrogen-bond donors (Lipinski definition) is 1. The monoisotopic (exact) mass is 248 g/mol. The second-order valence-corrected chi connectivity index (χ2v) is 4.97. The van der Waals surface area contributed by atoms with Gasteiger partial charge in [-0.3, -0.25) is 4.90 Å². The van der Waals surface area contributed by atoms with E-state index in [-0.39, 0.29) is 0 Å². The van der Waals surface area contributed by atoms with Gasteiger partial charge >= 0.3 is 0 Å². The van der Waals surface area contributed by atoms with Crippen molar-refractivity contribution in [3.63, 3.8) is 0 Å². The molecule has 0 spiro atoms. The molecule has 1 aromatic carbocycles. The van der Waals surface area contributed by atoms with E-state index in [9.17, 15) is 0 Å². The molecule has 1 unspecified atom stereocenters. The van der Waals surface area contributed by atoms with Crippen molar-refractivity contribution in [1.82, 2.24) is 10.2 Å². The molecule has 2 rings (SSSR count). The van der Waals surface area contributed by atoms with Gasteiger partial charge < -0.3 is 10.1 Å². The molecule has 1 atom stereocenters. The molecule has 0 saturated heterocycles. The summed E-state index contributed by atoms with van der Waals surface area (Å²) in [4.78, 5) is 2.56. The third-order valence-electron chi connectivity index (χ3n) is 3.77. The van der Waals surface area contributed by atoms with Crippen molar-refractivity contribution in [2.45, 2.75) is 18.9 Å². The van der Waals surface area contributed by atoms with Crippen LogP contribution in [-0.4, -0.2) is 51.3 Å². The fourth-order valence-electron chi connectivity index (χ4n) is 2.77. The van der Waals surface area contributed by atoms with Crippen molar-refractivity contribution in [2.24, 2.45) is 0 Å². The quantitative estimate of drug-likeness (QED) is 0.850. The molecule has 0 saturated carbocycles. The molecule has 0 aromatic heterocycles. The van der Waals surface area contributed by atoms with Crippen LogP contribution in [0.4, 0.5) is 0 Å². The van der Waals surface area contributed by atoms with E-state index < -0.39 is 0 Å². The van der Waals surface area contributed by atoms with Gasteiger partial charge in [-0.15, -0.1) is 0 Å². The predicted octanol–water partition coefficient (Wildman–Crippen LogP) is 1.32. The van der Waals surface area contributed by atoms with Crippen LogP contribution in [0.3, 0.4) is 0 Å². The van der Waals surface area contributed by atoms with Crippen molar-refractivity contribution in [3.05, 3.63) is 35.4 Å². The number of rotatable bonds is 5. The molecule has 1 heterocycles. The first kappa shape index (κ1) is 13.5. The standard InChI is InChI=1S/C15H24N2O/c1-16-11-15(12-18-2)17-9-7-13-5-3-4-6-14(13)8-10-17/h3-6,15-16H,7-12H2,1-2H3. The van der Waals surface area contributed by atoms with E-state index >= 15 is 0 Å². The molecule has 1 aromatic rings. The maximum atomic E-state index is 5.35. The van der Waals surface area contributed by atoms with Crippen molar-refractivity contribution in [2.75, 3.05) is 40.4 Å². The first-order valence-corrected chi connectivity index (χ1v) is 6.79. The third kappa shape index (κ3) is 3.31. The summed E-state index contributed by atoms with van der Waals surface area (Å²) < 4.78 is 5.35. The van der Waals surface area contributed by atoms with Crippen LogP contribution in [0.1, 0.15) is 11.1 Å². The van der Waals surface area contributed by atoms with Gasteiger partial charge in [0.1, 0.15) is 0 Å². The van der Waals surface area contributed by atoms with Crippen molar-refractivity contribution < 1.29 is 4.74 Å². The zero-order valence-electron chi connectivity index (χ0n) is 11.5. The Kier molecular flexibility index (Phi) is 5.17. The van der Waals surface area contributed by atoms with Gasteiger partial charge in [0.25, 0.3) is 0 Å². The van der Waals surface area contributed by atoms with Gasteiger partial charge in [-0.1, -0.05) is 24.3 Å². The normalized spacial score (nSPS) is 18.1. The molecule has 0 radical (unpaired) electrons. The lowest BCUT2D eigenvalue weighted by Gasteiger charge is -2.29. The van der Waals surface area contributed by atoms with Gasteiger partial charge in [0, 0.05) is 32.8 Å². The summed E-state index contributed by atoms with van der Waals surface area (Å²) in [5.74, 6) is 0. The summed E-state index contributed by atoms with van der Waals surface area (Å²) in [6.07, 6.45) is 2.31. The van der Waals surface area contributed by atoms with Crippen LogP contribution < -0.4 is 5.32 Å². The first-order valence-electron chi connectivity index (χ1n) is 6.79. The van der Waals surface area contributed by atoms with Crippen LogP contribution in [0.15, 0.2) is 24.3 Å². The zero-order valence-corrected chi connectivity index (χ0v) is 11.5. The fourth-order valence-corrected chi connectivity index (χ4v) is 2.77. The molecule has 0 fully saturated rings. The SMILES string of the molecule is CNCC(COC)N1CCc2ccccc2CC1. The number of benzene rings is 1. The van der Waals surface area contributed by atoms with Gasteiger partial charge in [0.05, 0.1) is 6.61 Å². The van der Waals surface area contributed by atoms with Crippen LogP contribution in [-0.2, 0) is 17.6 Å². The molecule has 18 heavy (non-hydrogen) atoms. The van der Waals surface area contributed by atoms with Gasteiger partial charge in [0.15, 0.2) is 0 Å². The summed E-state index contributed by atoms with van der Waals surface area (Å²) >= 11 is 0. The molecule has 3 nitrogen and oxygen atoms in total. The molecule has 1 aliphatic rings. The Morgan fingerprint density at radius 1 is 1.22 bits per heavy atom. The lowest BCUT2D eigenvalue weighted by atomic mass is 10.0. The fraction of sp³-hybridized carbons (Fsp3) is 0.600. The predicted molar refractivity (Wildman–Crippen MR) is 75.0 cm³/mol. The molecule has 100 valence electrons. The van der Waals surface area contributed by atoms with Crippen molar-refractivity contribution in [3.8, 4) is 0 Å². The van der Waals surface area contributed by atoms with Crippen LogP contribution in [0.25, 0.3) is 0 Å². The van der Waals surface area contributed by atoms with Crippen LogP contribution in [0, 0.1) is 0 Å². The summed E-state index contributed by atoms with van der Waals surface area (Å²) in [6, 6.07) is 9.31. The molecule has 0 amide bonds. The highest BCUT2D eigenvalue weighted by Gasteiger charge is 2.20. The average molecular weight is 248 g/mol. The van der Waals surface area contributed by atoms with E-state index in [1.807, 2.05) is 7.05 Å². The highest BCUT2D eigenvalue weighted by atomic mass is 16.5. The van der Waals surface area contributed by atoms with E-state index in [0.717, 1.165) is 39.1 Å². The molecule has 1 N–H and O–H groups in total. The summed E-state index contributed by atoms with van der Waals surface area (Å²) in [5.41, 5.74) is 3.03. The topological polar surface area (TPSA) is 24.5 Å². The number of hydrogen-bond acceptors (Lipinski definition) is 3. The Bertz CT molecular complexity index is 334. The second-order valence-electron chi connectivity index (χ2n) is 4.97. The number of methoxy groups -OCH3 is 1. The number of fused-ring (bicyclic) bond motifs is 1. The molecule has 0 bridgehead atoms. The Morgan fingerprint density at radius 3 is 2.33 bits per heavy atom. The highest BCUT2D eigenvalue weighted by molar-refractivity contribution is 5.28. The molecular formula is C15H24N2O. The molecule has 1 aliphatic heterocycles. The summed E-state index contributed by atoms with van der Waals surface area (Å²) in [6.45, 7) is 4.06. The molecule has 3 heteroatoms. The van der Waals surface area contributed by atoms with Gasteiger partial charge in [0.2, 0.25) is 0 Å². The lowest BCUT2D eigenvalue weighted by Crippen LogP contribution is -2.45. The highest BCUT2D eigenvalue weighted by Crippen LogP contribution is 2.16. The Morgan fingerprint density at radius 2 is 1.83 bits per heavy atom. The summed E-state index contributed by atoms with van der Waals surface area (Å²) in [5, 5.41) is 3.27. The zero-order chi connectivity index (χ0) is 12.8. The number of ether oxygens (including phenoxy) is 1. The van der Waals surface area contributed by atoms with Crippen LogP contribution in [0.5, 0.6) is 0 Å². The van der Waals surface area contributed by atoms with Crippen LogP contribution >= 0.6 is 0 Å². The average Bonchev–Trinajstić information content (AvgIpc) is 2.61. The molecular weight excluding hydrogens is 224 g/mol. The number of nitrogens with one attached hydrogen (secondary N) is 1. The minimum atomic E-state index is 0.481. The minimum absolute atomic E-state index is 0.481. The smallest absolute Gasteiger partial charge is 0.0630 e. The Hall–Kier alpha value is -0.900. The lowest BCUT2D eigenvalue weighted by molar-refractivity contribution is 0.0929. The van der Waals surface area contributed by atoms with Gasteiger partial charge in [-0.2, -0.15) is 0 Å². The Balaban J connectivity index is 2.01. The third-order valence-corrected chi connectivity index (χ3v) is 3.77. The first-order chi connectivity index (χ1) is 8.85. The Labute approximate surface area is 110 Å². The maximum Gasteiger partial charge on any atom is 0.0630 e. The van der Waals surface area contributed by atoms with Crippen molar-refractivity contribution in [1.29, 1.82) is 0 Å². The molecule has 0 aliphatic carbocycles. The maximum absolute atomic E-state index is 5.35. The van der Waals surface area contributed by atoms with E-state index in [2.05, 4.69) is 34.5 Å². The largest absolute Gasteiger partial charge is 0.383 e. The summed E-state index contributed by atoms with van der Waals surface area (Å²) in [7, 11) is 3.80. The van der Waals surface area contributed by atoms with Crippen molar-refractivity contribution >= 4 is 0 Å². The van der Waals surface area contributed by atoms with E-state index in [0.29, 0.717) is 6.04 Å². The second kappa shape index (κ2) is 6.88. The van der Waals surface area contributed by atoms with Gasteiger partial charge in [-0.25, -0.2) is 0 Å². The number of nitrogens with zero attached hydrogens (tertiary/aromatic N) is 1. The van der Waals surface area contributed by atoms with Gasteiger partial charge in [-0.05, 0) is 31.0 Å². The minimum Gasteiger partial charge on any atom is -0.383 e.